The molecule has 0 aromatic heterocycles. The van der Waals surface area contributed by atoms with Gasteiger partial charge in [0.05, 0.1) is 11.7 Å². The first-order valence-electron chi connectivity index (χ1n) is 6.68. The summed E-state index contributed by atoms with van der Waals surface area (Å²) in [5.74, 6) is 0.0750. The van der Waals surface area contributed by atoms with Crippen molar-refractivity contribution in [3.63, 3.8) is 0 Å². The number of hydrogen-bond donors (Lipinski definition) is 2. The summed E-state index contributed by atoms with van der Waals surface area (Å²) in [7, 11) is 0. The lowest BCUT2D eigenvalue weighted by atomic mass is 10.2. The maximum Gasteiger partial charge on any atom is 0.241 e. The third-order valence-electron chi connectivity index (χ3n) is 3.43. The monoisotopic (exact) mass is 373 g/mol. The molecule has 5 heteroatoms. The zero-order valence-electron chi connectivity index (χ0n) is 11.2. The molecule has 1 aliphatic heterocycles. The van der Waals surface area contributed by atoms with Crippen molar-refractivity contribution in [2.45, 2.75) is 19.4 Å². The number of nitrogens with one attached hydrogen (secondary N) is 2. The largest absolute Gasteiger partial charge is 0.324 e. The van der Waals surface area contributed by atoms with E-state index in [0.717, 1.165) is 41.9 Å². The number of amides is 1. The fourth-order valence-electron chi connectivity index (χ4n) is 2.22. The average Bonchev–Trinajstić information content (AvgIpc) is 2.69. The third-order valence-corrected chi connectivity index (χ3v) is 4.37. The van der Waals surface area contributed by atoms with Gasteiger partial charge in [-0.25, -0.2) is 0 Å². The number of carbonyl (C=O) groups excluding carboxylic acids is 1. The summed E-state index contributed by atoms with van der Waals surface area (Å²) in [6.07, 6.45) is 1.10. The minimum Gasteiger partial charge on any atom is -0.324 e. The number of hydrogen-bond acceptors (Lipinski definition) is 3. The summed E-state index contributed by atoms with van der Waals surface area (Å²) >= 11 is 2.24. The van der Waals surface area contributed by atoms with Gasteiger partial charge in [-0.05, 0) is 54.6 Å². The predicted molar refractivity (Wildman–Crippen MR) is 86.3 cm³/mol. The first-order valence-corrected chi connectivity index (χ1v) is 7.76. The molecule has 1 atom stereocenters. The molecule has 19 heavy (non-hydrogen) atoms. The Morgan fingerprint density at radius 1 is 1.37 bits per heavy atom. The lowest BCUT2D eigenvalue weighted by molar-refractivity contribution is -0.120. The van der Waals surface area contributed by atoms with Crippen LogP contribution in [0.4, 0.5) is 5.69 Å². The summed E-state index contributed by atoms with van der Waals surface area (Å²) in [5.41, 5.74) is 0.896. The van der Waals surface area contributed by atoms with Crippen molar-refractivity contribution in [2.75, 3.05) is 31.5 Å². The van der Waals surface area contributed by atoms with Gasteiger partial charge in [0.1, 0.15) is 0 Å². The van der Waals surface area contributed by atoms with Crippen LogP contribution in [0.3, 0.4) is 0 Å². The first kappa shape index (κ1) is 14.7. The van der Waals surface area contributed by atoms with E-state index in [0.29, 0.717) is 0 Å². The van der Waals surface area contributed by atoms with E-state index in [1.54, 1.807) is 0 Å². The van der Waals surface area contributed by atoms with E-state index in [1.807, 2.05) is 31.2 Å². The Balaban J connectivity index is 1.97. The number of rotatable bonds is 3. The van der Waals surface area contributed by atoms with Crippen LogP contribution >= 0.6 is 22.6 Å². The Morgan fingerprint density at radius 3 is 2.95 bits per heavy atom. The maximum absolute atomic E-state index is 12.3. The van der Waals surface area contributed by atoms with Gasteiger partial charge < -0.3 is 10.6 Å². The van der Waals surface area contributed by atoms with Gasteiger partial charge in [-0.15, -0.1) is 0 Å². The fraction of sp³-hybridized carbons (Fsp3) is 0.500. The van der Waals surface area contributed by atoms with Crippen molar-refractivity contribution in [3.05, 3.63) is 27.8 Å². The third kappa shape index (κ3) is 4.15. The molecule has 0 saturated carbocycles. The lowest BCUT2D eigenvalue weighted by Gasteiger charge is -2.26. The molecule has 1 amide bonds. The number of carbonyl (C=O) groups is 1. The molecule has 1 aromatic carbocycles. The topological polar surface area (TPSA) is 44.4 Å². The molecule has 1 fully saturated rings. The number of halogens is 1. The van der Waals surface area contributed by atoms with Gasteiger partial charge in [-0.2, -0.15) is 0 Å². The van der Waals surface area contributed by atoms with Crippen LogP contribution in [0, 0.1) is 3.57 Å². The Labute approximate surface area is 128 Å². The van der Waals surface area contributed by atoms with Crippen LogP contribution in [0.1, 0.15) is 13.3 Å². The molecule has 0 radical (unpaired) electrons. The summed E-state index contributed by atoms with van der Waals surface area (Å²) in [4.78, 5) is 14.5. The highest BCUT2D eigenvalue weighted by atomic mass is 127. The number of nitrogens with zero attached hydrogens (tertiary/aromatic N) is 1. The summed E-state index contributed by atoms with van der Waals surface area (Å²) < 4.78 is 1.07. The number of benzene rings is 1. The lowest BCUT2D eigenvalue weighted by Crippen LogP contribution is -2.43. The molecular weight excluding hydrogens is 353 g/mol. The van der Waals surface area contributed by atoms with Gasteiger partial charge in [0.15, 0.2) is 0 Å². The van der Waals surface area contributed by atoms with Gasteiger partial charge in [-0.3, -0.25) is 9.69 Å². The zero-order chi connectivity index (χ0) is 13.7. The zero-order valence-corrected chi connectivity index (χ0v) is 13.3. The molecule has 0 spiro atoms. The molecular formula is C14H20IN3O. The minimum absolute atomic E-state index is 0.0750. The van der Waals surface area contributed by atoms with Crippen LogP contribution in [-0.2, 0) is 4.79 Å². The van der Waals surface area contributed by atoms with E-state index in [-0.39, 0.29) is 11.9 Å². The molecule has 2 N–H and O–H groups in total. The minimum atomic E-state index is -0.0871. The Kier molecular flexibility index (Phi) is 5.59. The molecule has 4 nitrogen and oxygen atoms in total. The Hall–Kier alpha value is -0.660. The van der Waals surface area contributed by atoms with E-state index in [1.165, 1.54) is 0 Å². The second-order valence-electron chi connectivity index (χ2n) is 4.78. The van der Waals surface area contributed by atoms with Gasteiger partial charge in [-0.1, -0.05) is 12.1 Å². The quantitative estimate of drug-likeness (QED) is 0.796. The van der Waals surface area contributed by atoms with E-state index in [4.69, 9.17) is 0 Å². The van der Waals surface area contributed by atoms with Crippen LogP contribution in [0.15, 0.2) is 24.3 Å². The van der Waals surface area contributed by atoms with Crippen molar-refractivity contribution >= 4 is 34.2 Å². The standard InChI is InChI=1S/C14H20IN3O/c1-11(18-9-4-7-16-8-10-18)14(19)17-13-6-3-2-5-12(13)15/h2-3,5-6,11,16H,4,7-10H2,1H3,(H,17,19)/t11-/m1/s1. The number of anilines is 1. The SMILES string of the molecule is C[C@H](C(=O)Nc1ccccc1I)N1CCCNCC1. The van der Waals surface area contributed by atoms with E-state index in [9.17, 15) is 4.79 Å². The second-order valence-corrected chi connectivity index (χ2v) is 5.95. The molecule has 104 valence electrons. The van der Waals surface area contributed by atoms with Crippen molar-refractivity contribution in [3.8, 4) is 0 Å². The molecule has 2 rings (SSSR count). The van der Waals surface area contributed by atoms with Crippen molar-refractivity contribution in [2.24, 2.45) is 0 Å². The van der Waals surface area contributed by atoms with Crippen molar-refractivity contribution in [1.29, 1.82) is 0 Å². The van der Waals surface area contributed by atoms with Crippen LogP contribution in [0.2, 0.25) is 0 Å². The maximum atomic E-state index is 12.3. The molecule has 0 bridgehead atoms. The molecule has 1 aliphatic rings. The van der Waals surface area contributed by atoms with Gasteiger partial charge >= 0.3 is 0 Å². The molecule has 1 heterocycles. The Morgan fingerprint density at radius 2 is 2.16 bits per heavy atom. The molecule has 0 aliphatic carbocycles. The van der Waals surface area contributed by atoms with Crippen LogP contribution in [0.5, 0.6) is 0 Å². The molecule has 1 aromatic rings. The van der Waals surface area contributed by atoms with E-state index < -0.39 is 0 Å². The first-order chi connectivity index (χ1) is 9.18. The summed E-state index contributed by atoms with van der Waals surface area (Å²) in [6.45, 7) is 5.90. The van der Waals surface area contributed by atoms with Gasteiger partial charge in [0.2, 0.25) is 5.91 Å². The van der Waals surface area contributed by atoms with Gasteiger partial charge in [0.25, 0.3) is 0 Å². The van der Waals surface area contributed by atoms with Crippen LogP contribution < -0.4 is 10.6 Å². The fourth-order valence-corrected chi connectivity index (χ4v) is 2.74. The second kappa shape index (κ2) is 7.21. The normalized spacial score (nSPS) is 18.6. The smallest absolute Gasteiger partial charge is 0.241 e. The highest BCUT2D eigenvalue weighted by Crippen LogP contribution is 2.17. The van der Waals surface area contributed by atoms with Crippen molar-refractivity contribution in [1.82, 2.24) is 10.2 Å². The van der Waals surface area contributed by atoms with E-state index >= 15 is 0 Å². The summed E-state index contributed by atoms with van der Waals surface area (Å²) in [5, 5.41) is 6.37. The number of para-hydroxylation sites is 1. The van der Waals surface area contributed by atoms with E-state index in [2.05, 4.69) is 38.1 Å². The summed E-state index contributed by atoms with van der Waals surface area (Å²) in [6, 6.07) is 7.77. The average molecular weight is 373 g/mol. The Bertz CT molecular complexity index is 430. The highest BCUT2D eigenvalue weighted by Gasteiger charge is 2.22. The predicted octanol–water partition coefficient (Wildman–Crippen LogP) is 1.91. The van der Waals surface area contributed by atoms with Gasteiger partial charge in [0, 0.05) is 23.2 Å². The van der Waals surface area contributed by atoms with Crippen molar-refractivity contribution < 1.29 is 4.79 Å². The molecule has 1 saturated heterocycles. The van der Waals surface area contributed by atoms with Crippen LogP contribution in [-0.4, -0.2) is 43.0 Å². The highest BCUT2D eigenvalue weighted by molar-refractivity contribution is 14.1. The van der Waals surface area contributed by atoms with Crippen LogP contribution in [0.25, 0.3) is 0 Å². The molecule has 0 unspecified atom stereocenters.